The van der Waals surface area contributed by atoms with E-state index in [1.807, 2.05) is 6.07 Å². The van der Waals surface area contributed by atoms with Gasteiger partial charge in [-0.2, -0.15) is 0 Å². The Kier molecular flexibility index (Phi) is 6.45. The smallest absolute Gasteiger partial charge is 0.0238 e. The number of hydrogen-bond acceptors (Lipinski definition) is 1. The van der Waals surface area contributed by atoms with Gasteiger partial charge in [0.1, 0.15) is 0 Å². The van der Waals surface area contributed by atoms with Gasteiger partial charge in [0.25, 0.3) is 0 Å². The SMILES string of the molecule is CCCC(CCCl)NCc1ccccc1. The van der Waals surface area contributed by atoms with Gasteiger partial charge in [0.2, 0.25) is 0 Å². The van der Waals surface area contributed by atoms with E-state index in [-0.39, 0.29) is 0 Å². The Morgan fingerprint density at radius 1 is 1.20 bits per heavy atom. The highest BCUT2D eigenvalue weighted by Gasteiger charge is 2.05. The Bertz CT molecular complexity index is 242. The summed E-state index contributed by atoms with van der Waals surface area (Å²) >= 11 is 5.77. The second kappa shape index (κ2) is 7.72. The van der Waals surface area contributed by atoms with Crippen molar-refractivity contribution in [3.8, 4) is 0 Å². The monoisotopic (exact) mass is 225 g/mol. The van der Waals surface area contributed by atoms with Crippen molar-refractivity contribution in [2.24, 2.45) is 0 Å². The van der Waals surface area contributed by atoms with E-state index in [9.17, 15) is 0 Å². The molecule has 84 valence electrons. The Labute approximate surface area is 97.8 Å². The van der Waals surface area contributed by atoms with Crippen molar-refractivity contribution >= 4 is 11.6 Å². The molecule has 15 heavy (non-hydrogen) atoms. The summed E-state index contributed by atoms with van der Waals surface area (Å²) in [6.07, 6.45) is 3.48. The molecular formula is C13H20ClN. The van der Waals surface area contributed by atoms with Gasteiger partial charge in [-0.15, -0.1) is 11.6 Å². The fourth-order valence-corrected chi connectivity index (χ4v) is 1.95. The first-order valence-corrected chi connectivity index (χ1v) is 6.23. The molecule has 2 heteroatoms. The number of benzene rings is 1. The lowest BCUT2D eigenvalue weighted by molar-refractivity contribution is 0.464. The molecule has 0 bridgehead atoms. The van der Waals surface area contributed by atoms with Crippen LogP contribution in [0, 0.1) is 0 Å². The van der Waals surface area contributed by atoms with Gasteiger partial charge in [0.15, 0.2) is 0 Å². The predicted octanol–water partition coefficient (Wildman–Crippen LogP) is 3.57. The van der Waals surface area contributed by atoms with Crippen molar-refractivity contribution in [3.63, 3.8) is 0 Å². The standard InChI is InChI=1S/C13H20ClN/c1-2-6-13(9-10-14)15-11-12-7-4-3-5-8-12/h3-5,7-8,13,15H,2,6,9-11H2,1H3. The summed E-state index contributed by atoms with van der Waals surface area (Å²) in [6, 6.07) is 11.1. The zero-order valence-electron chi connectivity index (χ0n) is 9.38. The van der Waals surface area contributed by atoms with E-state index in [4.69, 9.17) is 11.6 Å². The molecule has 1 nitrogen and oxygen atoms in total. The number of nitrogens with one attached hydrogen (secondary N) is 1. The second-order valence-electron chi connectivity index (χ2n) is 3.83. The zero-order valence-corrected chi connectivity index (χ0v) is 10.1. The van der Waals surface area contributed by atoms with Crippen LogP contribution in [0.3, 0.4) is 0 Å². The van der Waals surface area contributed by atoms with Gasteiger partial charge in [0, 0.05) is 18.5 Å². The van der Waals surface area contributed by atoms with E-state index in [1.54, 1.807) is 0 Å². The van der Waals surface area contributed by atoms with E-state index in [2.05, 4.69) is 36.5 Å². The lowest BCUT2D eigenvalue weighted by Crippen LogP contribution is -2.28. The Balaban J connectivity index is 2.33. The predicted molar refractivity (Wildman–Crippen MR) is 67.3 cm³/mol. The molecule has 0 saturated heterocycles. The number of alkyl halides is 1. The van der Waals surface area contributed by atoms with Gasteiger partial charge in [-0.3, -0.25) is 0 Å². The highest BCUT2D eigenvalue weighted by molar-refractivity contribution is 6.17. The molecule has 0 aliphatic carbocycles. The molecule has 0 aromatic heterocycles. The number of rotatable bonds is 7. The molecule has 0 aliphatic rings. The minimum atomic E-state index is 0.563. The maximum absolute atomic E-state index is 5.77. The first kappa shape index (κ1) is 12.5. The molecular weight excluding hydrogens is 206 g/mol. The van der Waals surface area contributed by atoms with Crippen LogP contribution in [-0.2, 0) is 6.54 Å². The molecule has 0 amide bonds. The normalized spacial score (nSPS) is 12.7. The number of halogens is 1. The zero-order chi connectivity index (χ0) is 10.9. The summed E-state index contributed by atoms with van der Waals surface area (Å²) < 4.78 is 0. The molecule has 0 spiro atoms. The Morgan fingerprint density at radius 2 is 1.93 bits per heavy atom. The highest BCUT2D eigenvalue weighted by Crippen LogP contribution is 2.05. The summed E-state index contributed by atoms with van der Waals surface area (Å²) in [5.74, 6) is 0.743. The van der Waals surface area contributed by atoms with Crippen molar-refractivity contribution in [1.29, 1.82) is 0 Å². The van der Waals surface area contributed by atoms with Crippen LogP contribution in [0.15, 0.2) is 30.3 Å². The van der Waals surface area contributed by atoms with E-state index in [0.717, 1.165) is 18.8 Å². The highest BCUT2D eigenvalue weighted by atomic mass is 35.5. The molecule has 1 atom stereocenters. The van der Waals surface area contributed by atoms with Gasteiger partial charge < -0.3 is 5.32 Å². The van der Waals surface area contributed by atoms with Gasteiger partial charge in [0.05, 0.1) is 0 Å². The Morgan fingerprint density at radius 3 is 2.53 bits per heavy atom. The quantitative estimate of drug-likeness (QED) is 0.700. The third-order valence-corrected chi connectivity index (χ3v) is 2.75. The van der Waals surface area contributed by atoms with Gasteiger partial charge in [-0.1, -0.05) is 43.7 Å². The van der Waals surface area contributed by atoms with Crippen LogP contribution >= 0.6 is 11.6 Å². The topological polar surface area (TPSA) is 12.0 Å². The van der Waals surface area contributed by atoms with Crippen LogP contribution in [0.2, 0.25) is 0 Å². The van der Waals surface area contributed by atoms with Crippen molar-refractivity contribution < 1.29 is 0 Å². The van der Waals surface area contributed by atoms with E-state index in [0.29, 0.717) is 6.04 Å². The fraction of sp³-hybridized carbons (Fsp3) is 0.538. The lowest BCUT2D eigenvalue weighted by atomic mass is 10.1. The third kappa shape index (κ3) is 5.19. The number of hydrogen-bond donors (Lipinski definition) is 1. The van der Waals surface area contributed by atoms with Crippen molar-refractivity contribution in [2.75, 3.05) is 5.88 Å². The second-order valence-corrected chi connectivity index (χ2v) is 4.21. The largest absolute Gasteiger partial charge is 0.310 e. The molecule has 0 fully saturated rings. The molecule has 0 radical (unpaired) electrons. The Hall–Kier alpha value is -0.530. The molecule has 1 rings (SSSR count). The first-order valence-electron chi connectivity index (χ1n) is 5.70. The summed E-state index contributed by atoms with van der Waals surface area (Å²) in [7, 11) is 0. The van der Waals surface area contributed by atoms with E-state index >= 15 is 0 Å². The van der Waals surface area contributed by atoms with Gasteiger partial charge in [-0.05, 0) is 18.4 Å². The first-order chi connectivity index (χ1) is 7.36. The van der Waals surface area contributed by atoms with Gasteiger partial charge in [-0.25, -0.2) is 0 Å². The van der Waals surface area contributed by atoms with Crippen LogP contribution in [0.25, 0.3) is 0 Å². The fourth-order valence-electron chi connectivity index (χ4n) is 1.69. The third-order valence-electron chi connectivity index (χ3n) is 2.53. The minimum absolute atomic E-state index is 0.563. The summed E-state index contributed by atoms with van der Waals surface area (Å²) in [4.78, 5) is 0. The van der Waals surface area contributed by atoms with Crippen molar-refractivity contribution in [3.05, 3.63) is 35.9 Å². The maximum atomic E-state index is 5.77. The minimum Gasteiger partial charge on any atom is -0.310 e. The summed E-state index contributed by atoms with van der Waals surface area (Å²) in [6.45, 7) is 3.16. The summed E-state index contributed by atoms with van der Waals surface area (Å²) in [5, 5.41) is 3.55. The van der Waals surface area contributed by atoms with Gasteiger partial charge >= 0.3 is 0 Å². The van der Waals surface area contributed by atoms with E-state index < -0.39 is 0 Å². The van der Waals surface area contributed by atoms with Crippen LogP contribution in [0.1, 0.15) is 31.7 Å². The average molecular weight is 226 g/mol. The average Bonchev–Trinajstić information content (AvgIpc) is 2.28. The summed E-state index contributed by atoms with van der Waals surface area (Å²) in [5.41, 5.74) is 1.34. The van der Waals surface area contributed by atoms with Crippen molar-refractivity contribution in [2.45, 2.75) is 38.8 Å². The van der Waals surface area contributed by atoms with Crippen molar-refractivity contribution in [1.82, 2.24) is 5.32 Å². The molecule has 1 unspecified atom stereocenters. The maximum Gasteiger partial charge on any atom is 0.0238 e. The van der Waals surface area contributed by atoms with Crippen LogP contribution < -0.4 is 5.32 Å². The molecule has 0 aliphatic heterocycles. The molecule has 0 saturated carbocycles. The molecule has 1 aromatic rings. The molecule has 0 heterocycles. The molecule has 1 N–H and O–H groups in total. The van der Waals surface area contributed by atoms with Crippen LogP contribution in [0.4, 0.5) is 0 Å². The van der Waals surface area contributed by atoms with Crippen LogP contribution in [-0.4, -0.2) is 11.9 Å². The van der Waals surface area contributed by atoms with Crippen LogP contribution in [0.5, 0.6) is 0 Å². The van der Waals surface area contributed by atoms with E-state index in [1.165, 1.54) is 18.4 Å². The molecule has 1 aromatic carbocycles. The lowest BCUT2D eigenvalue weighted by Gasteiger charge is -2.16.